The number of nitrogens with two attached hydrogens (primary N) is 1. The molecule has 0 saturated carbocycles. The molecule has 0 fully saturated rings. The Morgan fingerprint density at radius 1 is 1.35 bits per heavy atom. The summed E-state index contributed by atoms with van der Waals surface area (Å²) in [6.45, 7) is 9.21. The van der Waals surface area contributed by atoms with Crippen LogP contribution in [0.4, 0.5) is 5.69 Å². The fraction of sp³-hybridized carbons (Fsp3) is 0.625. The molecule has 0 aliphatic heterocycles. The highest BCUT2D eigenvalue weighted by Gasteiger charge is 2.24. The summed E-state index contributed by atoms with van der Waals surface area (Å²) in [7, 11) is 0. The lowest BCUT2D eigenvalue weighted by Crippen LogP contribution is -2.25. The van der Waals surface area contributed by atoms with Crippen molar-refractivity contribution in [1.82, 2.24) is 4.98 Å². The third kappa shape index (κ3) is 5.70. The molecule has 0 spiro atoms. The van der Waals surface area contributed by atoms with E-state index in [1.54, 1.807) is 6.20 Å². The molecule has 1 aromatic rings. The van der Waals surface area contributed by atoms with E-state index >= 15 is 0 Å². The van der Waals surface area contributed by atoms with E-state index < -0.39 is 0 Å². The number of rotatable bonds is 6. The summed E-state index contributed by atoms with van der Waals surface area (Å²) < 4.78 is 0. The maximum absolute atomic E-state index is 12.0. The Hall–Kier alpha value is -1.42. The highest BCUT2D eigenvalue weighted by atomic mass is 16.1. The lowest BCUT2D eigenvalue weighted by molar-refractivity contribution is -0.116. The van der Waals surface area contributed by atoms with Crippen LogP contribution in [0.15, 0.2) is 18.3 Å². The van der Waals surface area contributed by atoms with Gasteiger partial charge in [-0.15, -0.1) is 0 Å². The van der Waals surface area contributed by atoms with Gasteiger partial charge in [0, 0.05) is 12.1 Å². The predicted molar refractivity (Wildman–Crippen MR) is 83.5 cm³/mol. The molecule has 0 bridgehead atoms. The van der Waals surface area contributed by atoms with Crippen LogP contribution in [-0.2, 0) is 4.79 Å². The monoisotopic (exact) mass is 277 g/mol. The van der Waals surface area contributed by atoms with Gasteiger partial charge in [0.2, 0.25) is 5.91 Å². The molecule has 0 saturated heterocycles. The average molecular weight is 277 g/mol. The second-order valence-corrected chi connectivity index (χ2v) is 6.42. The van der Waals surface area contributed by atoms with E-state index in [0.29, 0.717) is 18.9 Å². The van der Waals surface area contributed by atoms with Gasteiger partial charge >= 0.3 is 0 Å². The van der Waals surface area contributed by atoms with Crippen molar-refractivity contribution >= 4 is 11.6 Å². The number of carbonyl (C=O) groups excluding carboxylic acids is 1. The summed E-state index contributed by atoms with van der Waals surface area (Å²) in [5.41, 5.74) is 7.55. The van der Waals surface area contributed by atoms with Crippen LogP contribution in [0.1, 0.15) is 45.7 Å². The number of aromatic nitrogens is 1. The summed E-state index contributed by atoms with van der Waals surface area (Å²) in [6, 6.07) is 3.77. The first kappa shape index (κ1) is 16.6. The highest BCUT2D eigenvalue weighted by Crippen LogP contribution is 2.32. The summed E-state index contributed by atoms with van der Waals surface area (Å²) >= 11 is 0. The van der Waals surface area contributed by atoms with Crippen LogP contribution < -0.4 is 11.1 Å². The van der Waals surface area contributed by atoms with E-state index in [2.05, 4.69) is 31.1 Å². The summed E-state index contributed by atoms with van der Waals surface area (Å²) in [6.07, 6.45) is 4.04. The zero-order valence-corrected chi connectivity index (χ0v) is 13.1. The molecule has 20 heavy (non-hydrogen) atoms. The van der Waals surface area contributed by atoms with Crippen molar-refractivity contribution in [2.75, 3.05) is 11.9 Å². The predicted octanol–water partition coefficient (Wildman–Crippen LogP) is 3.12. The largest absolute Gasteiger partial charge is 0.330 e. The topological polar surface area (TPSA) is 68.0 Å². The lowest BCUT2D eigenvalue weighted by Gasteiger charge is -2.30. The van der Waals surface area contributed by atoms with Gasteiger partial charge in [0.25, 0.3) is 0 Å². The number of amides is 1. The molecule has 1 rings (SSSR count). The second kappa shape index (κ2) is 7.39. The van der Waals surface area contributed by atoms with E-state index in [-0.39, 0.29) is 11.3 Å². The Bertz CT molecular complexity index is 420. The number of nitrogens with one attached hydrogen (secondary N) is 1. The van der Waals surface area contributed by atoms with Crippen molar-refractivity contribution in [3.05, 3.63) is 24.0 Å². The Labute approximate surface area is 122 Å². The molecular weight excluding hydrogens is 250 g/mol. The van der Waals surface area contributed by atoms with Crippen LogP contribution in [0.5, 0.6) is 0 Å². The maximum atomic E-state index is 12.0. The molecule has 0 radical (unpaired) electrons. The second-order valence-electron chi connectivity index (χ2n) is 6.42. The smallest absolute Gasteiger partial charge is 0.224 e. The van der Waals surface area contributed by atoms with Gasteiger partial charge < -0.3 is 11.1 Å². The van der Waals surface area contributed by atoms with E-state index in [9.17, 15) is 4.79 Å². The van der Waals surface area contributed by atoms with Crippen molar-refractivity contribution in [3.8, 4) is 0 Å². The van der Waals surface area contributed by atoms with Crippen LogP contribution >= 0.6 is 0 Å². The molecule has 3 N–H and O–H groups in total. The number of anilines is 1. The minimum Gasteiger partial charge on any atom is -0.330 e. The van der Waals surface area contributed by atoms with Crippen molar-refractivity contribution in [1.29, 1.82) is 0 Å². The minimum atomic E-state index is 0.0434. The van der Waals surface area contributed by atoms with Crippen LogP contribution in [0.3, 0.4) is 0 Å². The van der Waals surface area contributed by atoms with Gasteiger partial charge in [-0.1, -0.05) is 20.8 Å². The Morgan fingerprint density at radius 2 is 2.05 bits per heavy atom. The molecule has 1 heterocycles. The van der Waals surface area contributed by atoms with Gasteiger partial charge in [0.15, 0.2) is 0 Å². The quantitative estimate of drug-likeness (QED) is 0.839. The van der Waals surface area contributed by atoms with E-state index in [4.69, 9.17) is 5.73 Å². The molecule has 1 atom stereocenters. The highest BCUT2D eigenvalue weighted by molar-refractivity contribution is 5.90. The van der Waals surface area contributed by atoms with Crippen molar-refractivity contribution in [2.24, 2.45) is 17.1 Å². The van der Waals surface area contributed by atoms with Gasteiger partial charge in [-0.2, -0.15) is 0 Å². The zero-order chi connectivity index (χ0) is 15.2. The molecule has 0 aliphatic carbocycles. The summed E-state index contributed by atoms with van der Waals surface area (Å²) in [4.78, 5) is 16.1. The lowest BCUT2D eigenvalue weighted by atomic mass is 9.76. The molecule has 1 aromatic heterocycles. The molecule has 1 amide bonds. The van der Waals surface area contributed by atoms with Crippen molar-refractivity contribution in [2.45, 2.75) is 47.0 Å². The Kier molecular flexibility index (Phi) is 6.14. The zero-order valence-electron chi connectivity index (χ0n) is 13.1. The van der Waals surface area contributed by atoms with Gasteiger partial charge in [-0.25, -0.2) is 0 Å². The molecule has 112 valence electrons. The van der Waals surface area contributed by atoms with Gasteiger partial charge in [-0.05, 0) is 49.8 Å². The number of nitrogens with zero attached hydrogens (tertiary/aromatic N) is 1. The van der Waals surface area contributed by atoms with Crippen LogP contribution in [0, 0.1) is 18.3 Å². The molecule has 4 heteroatoms. The number of aryl methyl sites for hydroxylation is 1. The third-order valence-electron chi connectivity index (χ3n) is 3.65. The molecule has 0 aromatic carbocycles. The van der Waals surface area contributed by atoms with E-state index in [0.717, 1.165) is 24.2 Å². The fourth-order valence-corrected chi connectivity index (χ4v) is 2.28. The number of carbonyl (C=O) groups is 1. The maximum Gasteiger partial charge on any atom is 0.224 e. The molecule has 1 unspecified atom stereocenters. The number of hydrogen-bond donors (Lipinski definition) is 2. The fourth-order valence-electron chi connectivity index (χ4n) is 2.28. The first-order valence-electron chi connectivity index (χ1n) is 7.25. The number of hydrogen-bond acceptors (Lipinski definition) is 3. The molecule has 4 nitrogen and oxygen atoms in total. The molecule has 0 aliphatic rings. The number of pyridine rings is 1. The summed E-state index contributed by atoms with van der Waals surface area (Å²) in [5.74, 6) is 0.510. The SMILES string of the molecule is Cc1ccc(NC(=O)CCC(CCN)C(C)(C)C)cn1. The van der Waals surface area contributed by atoms with Gasteiger partial charge in [0.05, 0.1) is 11.9 Å². The third-order valence-corrected chi connectivity index (χ3v) is 3.65. The Balaban J connectivity index is 2.47. The Morgan fingerprint density at radius 3 is 2.55 bits per heavy atom. The van der Waals surface area contributed by atoms with E-state index in [1.165, 1.54) is 0 Å². The minimum absolute atomic E-state index is 0.0434. The first-order chi connectivity index (χ1) is 9.32. The standard InChI is InChI=1S/C16H27N3O/c1-12-5-7-14(11-18-12)19-15(20)8-6-13(9-10-17)16(2,3)4/h5,7,11,13H,6,8-10,17H2,1-4H3,(H,19,20). The molecular formula is C16H27N3O. The average Bonchev–Trinajstić information content (AvgIpc) is 2.36. The normalized spacial score (nSPS) is 13.1. The van der Waals surface area contributed by atoms with Crippen molar-refractivity contribution < 1.29 is 4.79 Å². The van der Waals surface area contributed by atoms with Crippen LogP contribution in [-0.4, -0.2) is 17.4 Å². The van der Waals surface area contributed by atoms with Crippen molar-refractivity contribution in [3.63, 3.8) is 0 Å². The summed E-state index contributed by atoms with van der Waals surface area (Å²) in [5, 5.41) is 2.89. The van der Waals surface area contributed by atoms with Crippen LogP contribution in [0.2, 0.25) is 0 Å². The van der Waals surface area contributed by atoms with Gasteiger partial charge in [-0.3, -0.25) is 9.78 Å². The first-order valence-corrected chi connectivity index (χ1v) is 7.25. The van der Waals surface area contributed by atoms with Crippen LogP contribution in [0.25, 0.3) is 0 Å². The van der Waals surface area contributed by atoms with Gasteiger partial charge in [0.1, 0.15) is 0 Å². The van der Waals surface area contributed by atoms with E-state index in [1.807, 2.05) is 19.1 Å².